The maximum absolute atomic E-state index is 13.9. The second kappa shape index (κ2) is 3.62. The van der Waals surface area contributed by atoms with Gasteiger partial charge in [-0.2, -0.15) is 0 Å². The van der Waals surface area contributed by atoms with Crippen molar-refractivity contribution in [2.45, 2.75) is 6.92 Å². The lowest BCUT2D eigenvalue weighted by atomic mass is 10.1. The number of imidazole rings is 1. The second-order valence-electron chi connectivity index (χ2n) is 3.78. The van der Waals surface area contributed by atoms with Crippen molar-refractivity contribution in [1.82, 2.24) is 19.9 Å². The van der Waals surface area contributed by atoms with Crippen LogP contribution < -0.4 is 0 Å². The number of aromatic amines is 1. The Labute approximate surface area is 96.6 Å². The molecule has 5 heteroatoms. The summed E-state index contributed by atoms with van der Waals surface area (Å²) in [5.41, 5.74) is 2.27. The minimum Gasteiger partial charge on any atom is -0.335 e. The summed E-state index contributed by atoms with van der Waals surface area (Å²) in [7, 11) is 0. The van der Waals surface area contributed by atoms with Crippen molar-refractivity contribution >= 4 is 11.2 Å². The largest absolute Gasteiger partial charge is 0.335 e. The Hall–Kier alpha value is -2.30. The monoisotopic (exact) mass is 228 g/mol. The molecule has 0 aliphatic heterocycles. The van der Waals surface area contributed by atoms with E-state index in [4.69, 9.17) is 0 Å². The molecular formula is C12H9FN4. The first-order chi connectivity index (χ1) is 8.25. The Balaban J connectivity index is 2.24. The van der Waals surface area contributed by atoms with E-state index in [2.05, 4.69) is 19.9 Å². The number of rotatable bonds is 1. The third-order valence-electron chi connectivity index (χ3n) is 2.61. The topological polar surface area (TPSA) is 54.5 Å². The SMILES string of the molecule is Cc1cccc(-c2nc3ncncc3[nH]2)c1F. The van der Waals surface area contributed by atoms with Gasteiger partial charge in [-0.1, -0.05) is 12.1 Å². The molecule has 17 heavy (non-hydrogen) atoms. The van der Waals surface area contributed by atoms with Crippen LogP contribution in [0.5, 0.6) is 0 Å². The van der Waals surface area contributed by atoms with Crippen molar-refractivity contribution in [3.05, 3.63) is 42.1 Å². The van der Waals surface area contributed by atoms with E-state index in [9.17, 15) is 4.39 Å². The first-order valence-corrected chi connectivity index (χ1v) is 5.17. The van der Waals surface area contributed by atoms with Crippen LogP contribution >= 0.6 is 0 Å². The maximum Gasteiger partial charge on any atom is 0.181 e. The predicted octanol–water partition coefficient (Wildman–Crippen LogP) is 2.47. The highest BCUT2D eigenvalue weighted by molar-refractivity contribution is 5.75. The Morgan fingerprint density at radius 3 is 3.00 bits per heavy atom. The van der Waals surface area contributed by atoms with Gasteiger partial charge < -0.3 is 4.98 Å². The van der Waals surface area contributed by atoms with E-state index in [1.807, 2.05) is 0 Å². The van der Waals surface area contributed by atoms with Gasteiger partial charge in [-0.15, -0.1) is 0 Å². The summed E-state index contributed by atoms with van der Waals surface area (Å²) in [5.74, 6) is 0.209. The molecule has 4 nitrogen and oxygen atoms in total. The van der Waals surface area contributed by atoms with Crippen molar-refractivity contribution < 1.29 is 4.39 Å². The van der Waals surface area contributed by atoms with E-state index < -0.39 is 0 Å². The van der Waals surface area contributed by atoms with E-state index in [-0.39, 0.29) is 5.82 Å². The van der Waals surface area contributed by atoms with Gasteiger partial charge in [0.2, 0.25) is 0 Å². The highest BCUT2D eigenvalue weighted by Gasteiger charge is 2.11. The highest BCUT2D eigenvalue weighted by Crippen LogP contribution is 2.23. The van der Waals surface area contributed by atoms with Crippen LogP contribution in [0, 0.1) is 12.7 Å². The van der Waals surface area contributed by atoms with Gasteiger partial charge in [0.25, 0.3) is 0 Å². The molecule has 1 N–H and O–H groups in total. The number of halogens is 1. The number of hydrogen-bond donors (Lipinski definition) is 1. The molecule has 0 aliphatic rings. The van der Waals surface area contributed by atoms with Crippen LogP contribution in [0.15, 0.2) is 30.7 Å². The molecule has 0 aliphatic carbocycles. The van der Waals surface area contributed by atoms with Crippen LogP contribution in [0.1, 0.15) is 5.56 Å². The van der Waals surface area contributed by atoms with Gasteiger partial charge in [-0.05, 0) is 18.6 Å². The quantitative estimate of drug-likeness (QED) is 0.696. The molecule has 1 aromatic carbocycles. The fraction of sp³-hybridized carbons (Fsp3) is 0.0833. The van der Waals surface area contributed by atoms with Gasteiger partial charge in [-0.3, -0.25) is 0 Å². The number of H-pyrrole nitrogens is 1. The number of nitrogens with one attached hydrogen (secondary N) is 1. The molecular weight excluding hydrogens is 219 g/mol. The zero-order chi connectivity index (χ0) is 11.8. The zero-order valence-electron chi connectivity index (χ0n) is 9.11. The second-order valence-corrected chi connectivity index (χ2v) is 3.78. The lowest BCUT2D eigenvalue weighted by Crippen LogP contribution is -1.89. The third-order valence-corrected chi connectivity index (χ3v) is 2.61. The van der Waals surface area contributed by atoms with Crippen LogP contribution in [0.2, 0.25) is 0 Å². The maximum atomic E-state index is 13.9. The third kappa shape index (κ3) is 1.56. The average molecular weight is 228 g/mol. The lowest BCUT2D eigenvalue weighted by molar-refractivity contribution is 0.621. The Morgan fingerprint density at radius 1 is 1.29 bits per heavy atom. The zero-order valence-corrected chi connectivity index (χ0v) is 9.11. The molecule has 84 valence electrons. The van der Waals surface area contributed by atoms with Crippen LogP contribution in [0.25, 0.3) is 22.6 Å². The van der Waals surface area contributed by atoms with Crippen molar-refractivity contribution in [1.29, 1.82) is 0 Å². The fourth-order valence-corrected chi connectivity index (χ4v) is 1.72. The summed E-state index contributed by atoms with van der Waals surface area (Å²) in [5, 5.41) is 0. The summed E-state index contributed by atoms with van der Waals surface area (Å²) in [4.78, 5) is 15.1. The molecule has 3 rings (SSSR count). The van der Waals surface area contributed by atoms with Crippen molar-refractivity contribution in [3.63, 3.8) is 0 Å². The van der Waals surface area contributed by atoms with E-state index >= 15 is 0 Å². The lowest BCUT2D eigenvalue weighted by Gasteiger charge is -2.01. The first kappa shape index (κ1) is 9.89. The van der Waals surface area contributed by atoms with Gasteiger partial charge in [-0.25, -0.2) is 19.3 Å². The van der Waals surface area contributed by atoms with Crippen LogP contribution in [-0.4, -0.2) is 19.9 Å². The summed E-state index contributed by atoms with van der Waals surface area (Å²) in [6.45, 7) is 1.72. The number of benzene rings is 1. The molecule has 0 unspecified atom stereocenters. The molecule has 0 bridgehead atoms. The average Bonchev–Trinajstić information content (AvgIpc) is 2.76. The molecule has 0 spiro atoms. The van der Waals surface area contributed by atoms with Gasteiger partial charge in [0.1, 0.15) is 23.5 Å². The van der Waals surface area contributed by atoms with Crippen LogP contribution in [-0.2, 0) is 0 Å². The van der Waals surface area contributed by atoms with Crippen LogP contribution in [0.3, 0.4) is 0 Å². The minimum absolute atomic E-state index is 0.264. The molecule has 0 saturated heterocycles. The number of aromatic nitrogens is 4. The normalized spacial score (nSPS) is 10.9. The number of nitrogens with zero attached hydrogens (tertiary/aromatic N) is 3. The van der Waals surface area contributed by atoms with Crippen molar-refractivity contribution in [2.75, 3.05) is 0 Å². The van der Waals surface area contributed by atoms with E-state index in [0.717, 1.165) is 0 Å². The van der Waals surface area contributed by atoms with Crippen molar-refractivity contribution in [2.24, 2.45) is 0 Å². The van der Waals surface area contributed by atoms with Crippen molar-refractivity contribution in [3.8, 4) is 11.4 Å². The van der Waals surface area contributed by atoms with Gasteiger partial charge in [0.05, 0.1) is 11.8 Å². The summed E-state index contributed by atoms with van der Waals surface area (Å²) in [6.07, 6.45) is 3.03. The standard InChI is InChI=1S/C12H9FN4/c1-7-3-2-4-8(10(7)13)11-16-9-5-14-6-15-12(9)17-11/h2-6H,1H3,(H,14,15,16,17). The molecule has 0 amide bonds. The molecule has 0 atom stereocenters. The van der Waals surface area contributed by atoms with Gasteiger partial charge in [0, 0.05) is 0 Å². The highest BCUT2D eigenvalue weighted by atomic mass is 19.1. The molecule has 3 aromatic rings. The summed E-state index contributed by atoms with van der Waals surface area (Å²) < 4.78 is 13.9. The van der Waals surface area contributed by atoms with E-state index in [1.54, 1.807) is 31.3 Å². The molecule has 0 fully saturated rings. The minimum atomic E-state index is -0.264. The first-order valence-electron chi connectivity index (χ1n) is 5.17. The fourth-order valence-electron chi connectivity index (χ4n) is 1.72. The molecule has 0 radical (unpaired) electrons. The van der Waals surface area contributed by atoms with Crippen LogP contribution in [0.4, 0.5) is 4.39 Å². The molecule has 0 saturated carbocycles. The number of fused-ring (bicyclic) bond motifs is 1. The summed E-state index contributed by atoms with van der Waals surface area (Å²) >= 11 is 0. The van der Waals surface area contributed by atoms with E-state index in [1.165, 1.54) is 6.33 Å². The predicted molar refractivity (Wildman–Crippen MR) is 61.8 cm³/mol. The Bertz CT molecular complexity index is 657. The van der Waals surface area contributed by atoms with Gasteiger partial charge >= 0.3 is 0 Å². The molecule has 2 heterocycles. The molecule has 2 aromatic heterocycles. The number of hydrogen-bond acceptors (Lipinski definition) is 3. The summed E-state index contributed by atoms with van der Waals surface area (Å²) in [6, 6.07) is 5.21. The van der Waals surface area contributed by atoms with E-state index in [0.29, 0.717) is 28.1 Å². The Morgan fingerprint density at radius 2 is 2.18 bits per heavy atom. The smallest absolute Gasteiger partial charge is 0.181 e. The Kier molecular flexibility index (Phi) is 2.11. The number of aryl methyl sites for hydroxylation is 1. The van der Waals surface area contributed by atoms with Gasteiger partial charge in [0.15, 0.2) is 5.65 Å².